The van der Waals surface area contributed by atoms with Crippen LogP contribution in [0.4, 0.5) is 0 Å². The maximum atomic E-state index is 9.72. The molecule has 2 rings (SSSR count). The molecule has 0 aromatic carbocycles. The van der Waals surface area contributed by atoms with Crippen molar-refractivity contribution < 1.29 is 5.11 Å². The SMILES string of the molecule is OC1CCCCC1c1cncs1. The Balaban J connectivity index is 2.11. The van der Waals surface area contributed by atoms with Crippen LogP contribution in [0.15, 0.2) is 11.7 Å². The van der Waals surface area contributed by atoms with Gasteiger partial charge in [0, 0.05) is 17.0 Å². The maximum Gasteiger partial charge on any atom is 0.0794 e. The molecule has 66 valence electrons. The van der Waals surface area contributed by atoms with E-state index in [0.29, 0.717) is 5.92 Å². The van der Waals surface area contributed by atoms with Crippen molar-refractivity contribution in [3.8, 4) is 0 Å². The average molecular weight is 183 g/mol. The van der Waals surface area contributed by atoms with Crippen LogP contribution in [0, 0.1) is 0 Å². The number of aromatic nitrogens is 1. The maximum absolute atomic E-state index is 9.72. The van der Waals surface area contributed by atoms with Crippen LogP contribution in [0.25, 0.3) is 0 Å². The van der Waals surface area contributed by atoms with Gasteiger partial charge in [-0.15, -0.1) is 11.3 Å². The Bertz CT molecular complexity index is 235. The predicted octanol–water partition coefficient (Wildman–Crippen LogP) is 2.16. The summed E-state index contributed by atoms with van der Waals surface area (Å²) in [6, 6.07) is 0. The highest BCUT2D eigenvalue weighted by Gasteiger charge is 2.25. The summed E-state index contributed by atoms with van der Waals surface area (Å²) in [7, 11) is 0. The van der Waals surface area contributed by atoms with Crippen molar-refractivity contribution in [2.24, 2.45) is 0 Å². The van der Waals surface area contributed by atoms with Crippen molar-refractivity contribution in [3.05, 3.63) is 16.6 Å². The van der Waals surface area contributed by atoms with Gasteiger partial charge in [-0.2, -0.15) is 0 Å². The lowest BCUT2D eigenvalue weighted by molar-refractivity contribution is 0.107. The molecule has 0 bridgehead atoms. The van der Waals surface area contributed by atoms with Crippen LogP contribution in [0.1, 0.15) is 36.5 Å². The van der Waals surface area contributed by atoms with E-state index in [1.165, 1.54) is 17.7 Å². The third-order valence-electron chi connectivity index (χ3n) is 2.55. The van der Waals surface area contributed by atoms with E-state index in [0.717, 1.165) is 12.8 Å². The molecule has 0 radical (unpaired) electrons. The number of nitrogens with zero attached hydrogens (tertiary/aromatic N) is 1. The molecule has 2 atom stereocenters. The molecule has 1 fully saturated rings. The highest BCUT2D eigenvalue weighted by Crippen LogP contribution is 2.34. The van der Waals surface area contributed by atoms with E-state index in [-0.39, 0.29) is 6.10 Å². The average Bonchev–Trinajstić information content (AvgIpc) is 2.57. The van der Waals surface area contributed by atoms with E-state index >= 15 is 0 Å². The molecule has 2 unspecified atom stereocenters. The Kier molecular flexibility index (Phi) is 2.42. The van der Waals surface area contributed by atoms with Crippen LogP contribution >= 0.6 is 11.3 Å². The lowest BCUT2D eigenvalue weighted by Crippen LogP contribution is -2.21. The normalized spacial score (nSPS) is 30.4. The summed E-state index contributed by atoms with van der Waals surface area (Å²) in [5.41, 5.74) is 1.84. The molecule has 1 aliphatic rings. The number of thiazole rings is 1. The van der Waals surface area contributed by atoms with Crippen LogP contribution < -0.4 is 0 Å². The predicted molar refractivity (Wildman–Crippen MR) is 49.3 cm³/mol. The van der Waals surface area contributed by atoms with Gasteiger partial charge >= 0.3 is 0 Å². The summed E-state index contributed by atoms with van der Waals surface area (Å²) in [5, 5.41) is 9.72. The fourth-order valence-electron chi connectivity index (χ4n) is 1.85. The van der Waals surface area contributed by atoms with Gasteiger partial charge in [0.25, 0.3) is 0 Å². The number of hydrogen-bond acceptors (Lipinski definition) is 3. The van der Waals surface area contributed by atoms with E-state index in [2.05, 4.69) is 4.98 Å². The van der Waals surface area contributed by atoms with Crippen molar-refractivity contribution in [1.29, 1.82) is 0 Å². The zero-order valence-electron chi connectivity index (χ0n) is 6.94. The number of aliphatic hydroxyl groups is 1. The van der Waals surface area contributed by atoms with E-state index in [9.17, 15) is 5.11 Å². The molecular weight excluding hydrogens is 170 g/mol. The molecule has 1 saturated carbocycles. The first-order valence-corrected chi connectivity index (χ1v) is 5.32. The van der Waals surface area contributed by atoms with Crippen LogP contribution in [0.5, 0.6) is 0 Å². The standard InChI is InChI=1S/C9H13NOS/c11-8-4-2-1-3-7(8)9-5-10-6-12-9/h5-8,11H,1-4H2. The second-order valence-electron chi connectivity index (χ2n) is 3.36. The molecule has 12 heavy (non-hydrogen) atoms. The second kappa shape index (κ2) is 3.54. The number of rotatable bonds is 1. The van der Waals surface area contributed by atoms with E-state index < -0.39 is 0 Å². The van der Waals surface area contributed by atoms with Gasteiger partial charge in [0.05, 0.1) is 11.6 Å². The minimum absolute atomic E-state index is 0.126. The second-order valence-corrected chi connectivity index (χ2v) is 4.28. The smallest absolute Gasteiger partial charge is 0.0794 e. The lowest BCUT2D eigenvalue weighted by Gasteiger charge is -2.26. The molecule has 0 spiro atoms. The Morgan fingerprint density at radius 3 is 2.92 bits per heavy atom. The van der Waals surface area contributed by atoms with Gasteiger partial charge in [-0.1, -0.05) is 12.8 Å². The van der Waals surface area contributed by atoms with E-state index in [1.807, 2.05) is 11.7 Å². The topological polar surface area (TPSA) is 33.1 Å². The molecule has 1 aromatic heterocycles. The first-order valence-electron chi connectivity index (χ1n) is 4.44. The van der Waals surface area contributed by atoms with Crippen molar-refractivity contribution in [2.45, 2.75) is 37.7 Å². The first kappa shape index (κ1) is 8.20. The van der Waals surface area contributed by atoms with Crippen LogP contribution in [0.3, 0.4) is 0 Å². The minimum atomic E-state index is -0.126. The Labute approximate surface area is 76.3 Å². The molecular formula is C9H13NOS. The summed E-state index contributed by atoms with van der Waals surface area (Å²) in [4.78, 5) is 5.29. The van der Waals surface area contributed by atoms with Crippen LogP contribution in [0.2, 0.25) is 0 Å². The lowest BCUT2D eigenvalue weighted by atomic mass is 9.86. The van der Waals surface area contributed by atoms with E-state index in [4.69, 9.17) is 0 Å². The monoisotopic (exact) mass is 183 g/mol. The van der Waals surface area contributed by atoms with Gasteiger partial charge in [-0.3, -0.25) is 4.98 Å². The molecule has 3 heteroatoms. The van der Waals surface area contributed by atoms with Crippen molar-refractivity contribution in [2.75, 3.05) is 0 Å². The fraction of sp³-hybridized carbons (Fsp3) is 0.667. The van der Waals surface area contributed by atoms with Crippen LogP contribution in [-0.2, 0) is 0 Å². The highest BCUT2D eigenvalue weighted by atomic mass is 32.1. The summed E-state index contributed by atoms with van der Waals surface area (Å²) < 4.78 is 0. The van der Waals surface area contributed by atoms with Crippen molar-refractivity contribution in [3.63, 3.8) is 0 Å². The molecule has 1 heterocycles. The summed E-state index contributed by atoms with van der Waals surface area (Å²) in [6.07, 6.45) is 6.28. The quantitative estimate of drug-likeness (QED) is 0.723. The van der Waals surface area contributed by atoms with Gasteiger partial charge < -0.3 is 5.11 Å². The molecule has 0 saturated heterocycles. The molecule has 2 nitrogen and oxygen atoms in total. The third-order valence-corrected chi connectivity index (χ3v) is 3.45. The van der Waals surface area contributed by atoms with Gasteiger partial charge in [-0.05, 0) is 12.8 Å². The molecule has 1 aromatic rings. The van der Waals surface area contributed by atoms with Gasteiger partial charge in [-0.25, -0.2) is 0 Å². The number of hydrogen-bond donors (Lipinski definition) is 1. The number of aliphatic hydroxyl groups excluding tert-OH is 1. The summed E-state index contributed by atoms with van der Waals surface area (Å²) >= 11 is 1.66. The van der Waals surface area contributed by atoms with Crippen molar-refractivity contribution >= 4 is 11.3 Å². The van der Waals surface area contributed by atoms with Gasteiger partial charge in [0.2, 0.25) is 0 Å². The van der Waals surface area contributed by atoms with Gasteiger partial charge in [0.15, 0.2) is 0 Å². The molecule has 1 aliphatic carbocycles. The summed E-state index contributed by atoms with van der Waals surface area (Å²) in [6.45, 7) is 0. The molecule has 0 amide bonds. The molecule has 1 N–H and O–H groups in total. The Hall–Kier alpha value is -0.410. The van der Waals surface area contributed by atoms with Gasteiger partial charge in [0.1, 0.15) is 0 Å². The minimum Gasteiger partial charge on any atom is -0.392 e. The molecule has 0 aliphatic heterocycles. The first-order chi connectivity index (χ1) is 5.88. The third kappa shape index (κ3) is 1.52. The largest absolute Gasteiger partial charge is 0.392 e. The Morgan fingerprint density at radius 1 is 1.42 bits per heavy atom. The summed E-state index contributed by atoms with van der Waals surface area (Å²) in [5.74, 6) is 0.367. The zero-order valence-corrected chi connectivity index (χ0v) is 7.76. The van der Waals surface area contributed by atoms with E-state index in [1.54, 1.807) is 11.3 Å². The van der Waals surface area contributed by atoms with Crippen molar-refractivity contribution in [1.82, 2.24) is 4.98 Å². The zero-order chi connectivity index (χ0) is 8.39. The van der Waals surface area contributed by atoms with Crippen LogP contribution in [-0.4, -0.2) is 16.2 Å². The highest BCUT2D eigenvalue weighted by molar-refractivity contribution is 7.09. The fourth-order valence-corrected chi connectivity index (χ4v) is 2.67. The Morgan fingerprint density at radius 2 is 2.25 bits per heavy atom.